The Balaban J connectivity index is 1.77. The summed E-state index contributed by atoms with van der Waals surface area (Å²) in [4.78, 5) is 0. The number of hydrogen-bond acceptors (Lipinski definition) is 3. The molecule has 0 aliphatic carbocycles. The molecule has 0 saturated carbocycles. The Bertz CT molecular complexity index is 523. The predicted octanol–water partition coefficient (Wildman–Crippen LogP) is 2.10. The van der Waals surface area contributed by atoms with Crippen LogP contribution in [-0.2, 0) is 6.54 Å². The molecule has 1 aromatic heterocycles. The molecule has 0 amide bonds. The van der Waals surface area contributed by atoms with E-state index in [9.17, 15) is 0 Å². The number of rotatable bonds is 3. The summed E-state index contributed by atoms with van der Waals surface area (Å²) in [6.45, 7) is 5.12. The lowest BCUT2D eigenvalue weighted by Crippen LogP contribution is -2.30. The Labute approximate surface area is 113 Å². The summed E-state index contributed by atoms with van der Waals surface area (Å²) < 4.78 is 2.18. The van der Waals surface area contributed by atoms with Gasteiger partial charge >= 0.3 is 0 Å². The van der Waals surface area contributed by atoms with Crippen molar-refractivity contribution in [2.24, 2.45) is 0 Å². The van der Waals surface area contributed by atoms with Gasteiger partial charge in [-0.15, -0.1) is 10.2 Å². The fraction of sp³-hybridized carbons (Fsp3) is 0.467. The average Bonchev–Trinajstić information content (AvgIpc) is 2.90. The van der Waals surface area contributed by atoms with Crippen LogP contribution < -0.4 is 5.32 Å². The zero-order chi connectivity index (χ0) is 13.1. The first-order valence-electron chi connectivity index (χ1n) is 6.97. The van der Waals surface area contributed by atoms with E-state index in [0.29, 0.717) is 5.92 Å². The first-order chi connectivity index (χ1) is 9.33. The summed E-state index contributed by atoms with van der Waals surface area (Å²) in [6, 6.07) is 8.67. The minimum atomic E-state index is 0.502. The summed E-state index contributed by atoms with van der Waals surface area (Å²) in [5, 5.41) is 11.9. The van der Waals surface area contributed by atoms with E-state index in [1.54, 1.807) is 0 Å². The van der Waals surface area contributed by atoms with Crippen molar-refractivity contribution >= 4 is 0 Å². The van der Waals surface area contributed by atoms with E-state index in [4.69, 9.17) is 0 Å². The van der Waals surface area contributed by atoms with Crippen LogP contribution in [0.4, 0.5) is 0 Å². The highest BCUT2D eigenvalue weighted by molar-refractivity contribution is 5.22. The first-order valence-corrected chi connectivity index (χ1v) is 6.97. The molecule has 1 aliphatic heterocycles. The molecule has 2 heterocycles. The lowest BCUT2D eigenvalue weighted by molar-refractivity contribution is 0.435. The molecule has 3 rings (SSSR count). The van der Waals surface area contributed by atoms with Crippen LogP contribution in [-0.4, -0.2) is 27.9 Å². The lowest BCUT2D eigenvalue weighted by Gasteiger charge is -2.22. The van der Waals surface area contributed by atoms with Crippen LogP contribution in [0.5, 0.6) is 0 Å². The fourth-order valence-electron chi connectivity index (χ4n) is 2.66. The van der Waals surface area contributed by atoms with Crippen molar-refractivity contribution in [2.45, 2.75) is 32.2 Å². The second-order valence-electron chi connectivity index (χ2n) is 5.35. The summed E-state index contributed by atoms with van der Waals surface area (Å²) in [5.41, 5.74) is 2.60. The predicted molar refractivity (Wildman–Crippen MR) is 75.1 cm³/mol. The third-order valence-corrected chi connectivity index (χ3v) is 3.78. The maximum atomic E-state index is 4.33. The smallest absolute Gasteiger partial charge is 0.137 e. The Morgan fingerprint density at radius 2 is 2.16 bits per heavy atom. The van der Waals surface area contributed by atoms with Gasteiger partial charge in [0.2, 0.25) is 0 Å². The van der Waals surface area contributed by atoms with E-state index >= 15 is 0 Å². The van der Waals surface area contributed by atoms with Gasteiger partial charge in [-0.25, -0.2) is 0 Å². The fourth-order valence-corrected chi connectivity index (χ4v) is 2.66. The third kappa shape index (κ3) is 2.84. The van der Waals surface area contributed by atoms with Gasteiger partial charge in [0.25, 0.3) is 0 Å². The van der Waals surface area contributed by atoms with E-state index < -0.39 is 0 Å². The van der Waals surface area contributed by atoms with Crippen LogP contribution in [0.15, 0.2) is 30.6 Å². The highest BCUT2D eigenvalue weighted by Gasteiger charge is 2.20. The van der Waals surface area contributed by atoms with Gasteiger partial charge in [-0.1, -0.05) is 29.8 Å². The highest BCUT2D eigenvalue weighted by Crippen LogP contribution is 2.21. The topological polar surface area (TPSA) is 42.7 Å². The molecule has 4 heteroatoms. The molecule has 100 valence electrons. The largest absolute Gasteiger partial charge is 0.316 e. The quantitative estimate of drug-likeness (QED) is 0.914. The van der Waals surface area contributed by atoms with Crippen molar-refractivity contribution in [3.63, 3.8) is 0 Å². The van der Waals surface area contributed by atoms with Gasteiger partial charge in [0, 0.05) is 12.5 Å². The molecule has 1 atom stereocenters. The second-order valence-corrected chi connectivity index (χ2v) is 5.35. The van der Waals surface area contributed by atoms with Crippen LogP contribution in [0.1, 0.15) is 35.7 Å². The zero-order valence-electron chi connectivity index (χ0n) is 11.3. The summed E-state index contributed by atoms with van der Waals surface area (Å²) in [6.07, 6.45) is 4.28. The number of nitrogens with one attached hydrogen (secondary N) is 1. The molecular formula is C15H20N4. The molecule has 1 aromatic carbocycles. The van der Waals surface area contributed by atoms with Gasteiger partial charge in [0.1, 0.15) is 12.2 Å². The van der Waals surface area contributed by atoms with Gasteiger partial charge in [-0.3, -0.25) is 0 Å². The van der Waals surface area contributed by atoms with E-state index in [2.05, 4.69) is 51.3 Å². The SMILES string of the molecule is Cc1ccc(Cn2cnnc2C2CCCNC2)cc1. The molecule has 1 unspecified atom stereocenters. The monoisotopic (exact) mass is 256 g/mol. The van der Waals surface area contributed by atoms with Gasteiger partial charge in [-0.2, -0.15) is 0 Å². The Kier molecular flexibility index (Phi) is 3.60. The molecule has 2 aromatic rings. The summed E-state index contributed by atoms with van der Waals surface area (Å²) in [5.74, 6) is 1.62. The zero-order valence-corrected chi connectivity index (χ0v) is 11.3. The molecule has 1 aliphatic rings. The van der Waals surface area contributed by atoms with Gasteiger partial charge in [0.05, 0.1) is 6.54 Å². The van der Waals surface area contributed by atoms with Crippen LogP contribution in [0.2, 0.25) is 0 Å². The molecule has 4 nitrogen and oxygen atoms in total. The van der Waals surface area contributed by atoms with E-state index in [0.717, 1.165) is 25.5 Å². The number of hydrogen-bond donors (Lipinski definition) is 1. The van der Waals surface area contributed by atoms with Crippen LogP contribution in [0.25, 0.3) is 0 Å². The third-order valence-electron chi connectivity index (χ3n) is 3.78. The summed E-state index contributed by atoms with van der Waals surface area (Å²) >= 11 is 0. The van der Waals surface area contributed by atoms with Crippen molar-refractivity contribution < 1.29 is 0 Å². The van der Waals surface area contributed by atoms with Crippen molar-refractivity contribution in [1.82, 2.24) is 20.1 Å². The van der Waals surface area contributed by atoms with Crippen LogP contribution in [0, 0.1) is 6.92 Å². The molecule has 0 spiro atoms. The highest BCUT2D eigenvalue weighted by atomic mass is 15.3. The van der Waals surface area contributed by atoms with E-state index in [1.807, 2.05) is 6.33 Å². The Hall–Kier alpha value is -1.68. The van der Waals surface area contributed by atoms with Crippen LogP contribution in [0.3, 0.4) is 0 Å². The average molecular weight is 256 g/mol. The molecule has 1 fully saturated rings. The van der Waals surface area contributed by atoms with Gasteiger partial charge in [0.15, 0.2) is 0 Å². The number of aromatic nitrogens is 3. The standard InChI is InChI=1S/C15H20N4/c1-12-4-6-13(7-5-12)10-19-11-17-18-15(19)14-3-2-8-16-9-14/h4-7,11,14,16H,2-3,8-10H2,1H3. The number of nitrogens with zero attached hydrogens (tertiary/aromatic N) is 3. The second kappa shape index (κ2) is 5.53. The van der Waals surface area contributed by atoms with Crippen molar-refractivity contribution in [1.29, 1.82) is 0 Å². The maximum absolute atomic E-state index is 4.33. The number of piperidine rings is 1. The Morgan fingerprint density at radius 1 is 1.32 bits per heavy atom. The molecule has 1 N–H and O–H groups in total. The van der Waals surface area contributed by atoms with Gasteiger partial charge < -0.3 is 9.88 Å². The molecular weight excluding hydrogens is 236 g/mol. The first kappa shape index (κ1) is 12.4. The molecule has 19 heavy (non-hydrogen) atoms. The minimum absolute atomic E-state index is 0.502. The van der Waals surface area contributed by atoms with Crippen molar-refractivity contribution in [3.05, 3.63) is 47.5 Å². The number of aryl methyl sites for hydroxylation is 1. The van der Waals surface area contributed by atoms with Gasteiger partial charge in [-0.05, 0) is 31.9 Å². The lowest BCUT2D eigenvalue weighted by atomic mass is 9.99. The molecule has 1 saturated heterocycles. The maximum Gasteiger partial charge on any atom is 0.137 e. The number of benzene rings is 1. The minimum Gasteiger partial charge on any atom is -0.316 e. The van der Waals surface area contributed by atoms with Crippen LogP contribution >= 0.6 is 0 Å². The van der Waals surface area contributed by atoms with E-state index in [1.165, 1.54) is 24.0 Å². The molecule has 0 radical (unpaired) electrons. The van der Waals surface area contributed by atoms with Crippen molar-refractivity contribution in [2.75, 3.05) is 13.1 Å². The summed E-state index contributed by atoms with van der Waals surface area (Å²) in [7, 11) is 0. The Morgan fingerprint density at radius 3 is 2.89 bits per heavy atom. The molecule has 0 bridgehead atoms. The van der Waals surface area contributed by atoms with E-state index in [-0.39, 0.29) is 0 Å². The normalized spacial score (nSPS) is 19.5. The van der Waals surface area contributed by atoms with Crippen molar-refractivity contribution in [3.8, 4) is 0 Å².